The van der Waals surface area contributed by atoms with Gasteiger partial charge in [-0.15, -0.1) is 0 Å². The molecule has 2 atom stereocenters. The van der Waals surface area contributed by atoms with E-state index in [-0.39, 0.29) is 10.9 Å². The van der Waals surface area contributed by atoms with Gasteiger partial charge in [0, 0.05) is 15.0 Å². The van der Waals surface area contributed by atoms with Gasteiger partial charge in [-0.1, -0.05) is 22.4 Å². The molecule has 1 saturated carbocycles. The summed E-state index contributed by atoms with van der Waals surface area (Å²) in [7, 11) is -3.68. The minimum atomic E-state index is -3.68. The molecule has 0 spiro atoms. The quantitative estimate of drug-likeness (QED) is 0.753. The normalized spacial score (nSPS) is 23.0. The van der Waals surface area contributed by atoms with Gasteiger partial charge in [-0.2, -0.15) is 0 Å². The molecule has 0 radical (unpaired) electrons. The van der Waals surface area contributed by atoms with Gasteiger partial charge in [-0.05, 0) is 53.4 Å². The summed E-state index contributed by atoms with van der Waals surface area (Å²) in [6.07, 6.45) is 2.31. The van der Waals surface area contributed by atoms with Crippen LogP contribution in [0, 0.1) is 5.92 Å². The molecule has 0 saturated heterocycles. The lowest BCUT2D eigenvalue weighted by Crippen LogP contribution is -2.40. The number of carbonyl (C=O) groups is 1. The molecule has 0 aliphatic heterocycles. The van der Waals surface area contributed by atoms with Crippen molar-refractivity contribution >= 4 is 47.9 Å². The fourth-order valence-electron chi connectivity index (χ4n) is 2.49. The first kappa shape index (κ1) is 16.9. The van der Waals surface area contributed by atoms with Gasteiger partial charge in [0.1, 0.15) is 0 Å². The van der Waals surface area contributed by atoms with Crippen LogP contribution in [0.1, 0.15) is 25.7 Å². The molecule has 116 valence electrons. The summed E-state index contributed by atoms with van der Waals surface area (Å²) in [5, 5.41) is 9.06. The molecule has 0 aromatic heterocycles. The van der Waals surface area contributed by atoms with Crippen LogP contribution < -0.4 is 4.72 Å². The monoisotopic (exact) mass is 439 g/mol. The summed E-state index contributed by atoms with van der Waals surface area (Å²) in [4.78, 5) is 11.2. The predicted octanol–water partition coefficient (Wildman–Crippen LogP) is 3.13. The molecule has 0 heterocycles. The van der Waals surface area contributed by atoms with Crippen LogP contribution in [0.15, 0.2) is 32.0 Å². The van der Waals surface area contributed by atoms with Gasteiger partial charge in [0.05, 0.1) is 10.8 Å². The Morgan fingerprint density at radius 3 is 2.67 bits per heavy atom. The molecule has 2 N–H and O–H groups in total. The maximum absolute atomic E-state index is 12.4. The Morgan fingerprint density at radius 1 is 1.29 bits per heavy atom. The molecule has 0 amide bonds. The maximum atomic E-state index is 12.4. The van der Waals surface area contributed by atoms with E-state index in [0.717, 1.165) is 0 Å². The van der Waals surface area contributed by atoms with Gasteiger partial charge in [-0.3, -0.25) is 4.79 Å². The van der Waals surface area contributed by atoms with E-state index < -0.39 is 21.9 Å². The number of rotatable bonds is 4. The number of halogens is 2. The number of carboxylic acids is 1. The van der Waals surface area contributed by atoms with Crippen molar-refractivity contribution in [3.8, 4) is 0 Å². The minimum absolute atomic E-state index is 0.148. The van der Waals surface area contributed by atoms with Gasteiger partial charge < -0.3 is 5.11 Å². The molecule has 1 aromatic rings. The Balaban J connectivity index is 2.17. The van der Waals surface area contributed by atoms with Crippen molar-refractivity contribution in [2.75, 3.05) is 0 Å². The predicted molar refractivity (Wildman–Crippen MR) is 85.5 cm³/mol. The van der Waals surface area contributed by atoms with Gasteiger partial charge in [0.15, 0.2) is 0 Å². The first-order chi connectivity index (χ1) is 9.79. The second kappa shape index (κ2) is 6.76. The van der Waals surface area contributed by atoms with Crippen molar-refractivity contribution in [2.24, 2.45) is 5.92 Å². The highest BCUT2D eigenvalue weighted by Gasteiger charge is 2.30. The van der Waals surface area contributed by atoms with E-state index in [1.165, 1.54) is 6.07 Å². The zero-order valence-electron chi connectivity index (χ0n) is 11.1. The van der Waals surface area contributed by atoms with Crippen molar-refractivity contribution in [1.82, 2.24) is 4.72 Å². The molecule has 1 fully saturated rings. The van der Waals surface area contributed by atoms with Crippen LogP contribution in [-0.2, 0) is 14.8 Å². The van der Waals surface area contributed by atoms with Gasteiger partial charge in [0.2, 0.25) is 10.0 Å². The topological polar surface area (TPSA) is 83.5 Å². The van der Waals surface area contributed by atoms with E-state index in [4.69, 9.17) is 5.11 Å². The van der Waals surface area contributed by atoms with Crippen LogP contribution in [0.5, 0.6) is 0 Å². The first-order valence-electron chi connectivity index (χ1n) is 6.50. The third-order valence-corrected chi connectivity index (χ3v) is 6.54. The molecule has 1 aliphatic carbocycles. The van der Waals surface area contributed by atoms with Crippen molar-refractivity contribution in [2.45, 2.75) is 36.6 Å². The molecule has 2 rings (SSSR count). The number of hydrogen-bond acceptors (Lipinski definition) is 3. The van der Waals surface area contributed by atoms with E-state index in [1.807, 2.05) is 0 Å². The number of benzene rings is 1. The number of carboxylic acid groups (broad SMARTS) is 1. The van der Waals surface area contributed by atoms with Gasteiger partial charge >= 0.3 is 5.97 Å². The Bertz CT molecular complexity index is 648. The lowest BCUT2D eigenvalue weighted by molar-refractivity contribution is -0.143. The molecule has 8 heteroatoms. The molecule has 1 aliphatic rings. The maximum Gasteiger partial charge on any atom is 0.306 e. The van der Waals surface area contributed by atoms with Crippen LogP contribution in [0.4, 0.5) is 0 Å². The second-order valence-corrected chi connectivity index (χ2v) is 8.55. The highest BCUT2D eigenvalue weighted by molar-refractivity contribution is 9.11. The van der Waals surface area contributed by atoms with Gasteiger partial charge in [-0.25, -0.2) is 13.1 Å². The summed E-state index contributed by atoms with van der Waals surface area (Å²) < 4.78 is 28.6. The highest BCUT2D eigenvalue weighted by Crippen LogP contribution is 2.29. The average molecular weight is 441 g/mol. The average Bonchev–Trinajstić information content (AvgIpc) is 2.41. The van der Waals surface area contributed by atoms with Crippen LogP contribution >= 0.6 is 31.9 Å². The summed E-state index contributed by atoms with van der Waals surface area (Å²) in [6, 6.07) is 4.57. The van der Waals surface area contributed by atoms with E-state index in [1.54, 1.807) is 12.1 Å². The SMILES string of the molecule is O=C(O)C1CCCC(NS(=O)(=O)c2cc(Br)ccc2Br)C1. The smallest absolute Gasteiger partial charge is 0.306 e. The number of hydrogen-bond donors (Lipinski definition) is 2. The Hall–Kier alpha value is -0.440. The number of sulfonamides is 1. The van der Waals surface area contributed by atoms with Crippen LogP contribution in [0.2, 0.25) is 0 Å². The summed E-state index contributed by atoms with van der Waals surface area (Å²) >= 11 is 6.48. The highest BCUT2D eigenvalue weighted by atomic mass is 79.9. The molecular formula is C13H15Br2NO4S. The molecule has 5 nitrogen and oxygen atoms in total. The lowest BCUT2D eigenvalue weighted by atomic mass is 9.86. The summed E-state index contributed by atoms with van der Waals surface area (Å²) in [5.41, 5.74) is 0. The summed E-state index contributed by atoms with van der Waals surface area (Å²) in [6.45, 7) is 0. The Kier molecular flexibility index (Phi) is 5.45. The van der Waals surface area contributed by atoms with Crippen molar-refractivity contribution in [1.29, 1.82) is 0 Å². The Morgan fingerprint density at radius 2 is 2.00 bits per heavy atom. The molecule has 21 heavy (non-hydrogen) atoms. The first-order valence-corrected chi connectivity index (χ1v) is 9.56. The lowest BCUT2D eigenvalue weighted by Gasteiger charge is -2.27. The van der Waals surface area contributed by atoms with E-state index >= 15 is 0 Å². The molecular weight excluding hydrogens is 426 g/mol. The van der Waals surface area contributed by atoms with Crippen LogP contribution in [-0.4, -0.2) is 25.5 Å². The van der Waals surface area contributed by atoms with Crippen LogP contribution in [0.3, 0.4) is 0 Å². The third-order valence-electron chi connectivity index (χ3n) is 3.53. The fourth-order valence-corrected chi connectivity index (χ4v) is 5.27. The van der Waals surface area contributed by atoms with Crippen molar-refractivity contribution < 1.29 is 18.3 Å². The second-order valence-electron chi connectivity index (χ2n) is 5.09. The minimum Gasteiger partial charge on any atom is -0.481 e. The standard InChI is InChI=1S/C13H15Br2NO4S/c14-9-4-5-11(15)12(7-9)21(19,20)16-10-3-1-2-8(6-10)13(17)18/h4-5,7-8,10,16H,1-3,6H2,(H,17,18). The van der Waals surface area contributed by atoms with Crippen molar-refractivity contribution in [3.63, 3.8) is 0 Å². The molecule has 1 aromatic carbocycles. The zero-order chi connectivity index (χ0) is 15.6. The van der Waals surface area contributed by atoms with Crippen molar-refractivity contribution in [3.05, 3.63) is 27.1 Å². The third kappa shape index (κ3) is 4.28. The van der Waals surface area contributed by atoms with E-state index in [9.17, 15) is 13.2 Å². The molecule has 0 bridgehead atoms. The van der Waals surface area contributed by atoms with E-state index in [0.29, 0.717) is 34.6 Å². The van der Waals surface area contributed by atoms with Gasteiger partial charge in [0.25, 0.3) is 0 Å². The Labute approximate surface area is 140 Å². The largest absolute Gasteiger partial charge is 0.481 e. The number of aliphatic carboxylic acids is 1. The number of nitrogens with one attached hydrogen (secondary N) is 1. The fraction of sp³-hybridized carbons (Fsp3) is 0.462. The zero-order valence-corrected chi connectivity index (χ0v) is 15.0. The van der Waals surface area contributed by atoms with Crippen LogP contribution in [0.25, 0.3) is 0 Å². The van der Waals surface area contributed by atoms with E-state index in [2.05, 4.69) is 36.6 Å². The summed E-state index contributed by atoms with van der Waals surface area (Å²) in [5.74, 6) is -1.33. The molecule has 2 unspecified atom stereocenters.